The zero-order chi connectivity index (χ0) is 42.9. The van der Waals surface area contributed by atoms with Crippen molar-refractivity contribution >= 4 is 44.6 Å². The molecule has 3 fully saturated rings. The van der Waals surface area contributed by atoms with Gasteiger partial charge in [-0.3, -0.25) is 28.9 Å². The summed E-state index contributed by atoms with van der Waals surface area (Å²) in [5, 5.41) is 14.2. The normalized spacial score (nSPS) is 32.4. The number of benzene rings is 1. The highest BCUT2D eigenvalue weighted by atomic mass is 32.2. The Labute approximate surface area is 343 Å². The number of halogens is 2. The van der Waals surface area contributed by atoms with E-state index in [2.05, 4.69) is 15.0 Å². The number of aryl methyl sites for hydroxylation is 1. The van der Waals surface area contributed by atoms with E-state index in [0.29, 0.717) is 55.2 Å². The number of hydrogen-bond donors (Lipinski definition) is 3. The molecular weight excluding hydrogens is 789 g/mol. The number of sulfonamides is 1. The number of carboxylic acid groups (broad SMARTS) is 1. The van der Waals surface area contributed by atoms with Crippen molar-refractivity contribution in [2.45, 2.75) is 146 Å². The molecule has 2 saturated carbocycles. The summed E-state index contributed by atoms with van der Waals surface area (Å²) >= 11 is 0. The number of aromatic nitrogens is 1. The van der Waals surface area contributed by atoms with Crippen molar-refractivity contribution in [3.05, 3.63) is 42.1 Å². The monoisotopic (exact) mass is 843 g/mol. The number of allylic oxidation sites excluding steroid dienone is 1. The van der Waals surface area contributed by atoms with Crippen molar-refractivity contribution in [1.82, 2.24) is 24.8 Å². The maximum absolute atomic E-state index is 17.7. The Hall–Kier alpha value is -4.54. The number of hydrogen-bond acceptors (Lipinski definition) is 9. The molecule has 14 nitrogen and oxygen atoms in total. The molecule has 7 rings (SSSR count). The quantitative estimate of drug-likeness (QED) is 0.213. The maximum Gasteiger partial charge on any atom is 0.408 e. The predicted molar refractivity (Wildman–Crippen MR) is 213 cm³/mol. The highest BCUT2D eigenvalue weighted by Gasteiger charge is 2.71. The van der Waals surface area contributed by atoms with Crippen molar-refractivity contribution in [3.8, 4) is 11.6 Å². The van der Waals surface area contributed by atoms with Gasteiger partial charge in [-0.05, 0) is 108 Å². The van der Waals surface area contributed by atoms with Crippen LogP contribution in [0, 0.1) is 17.8 Å². The second-order valence-electron chi connectivity index (χ2n) is 17.9. The average Bonchev–Trinajstić information content (AvgIpc) is 4.09. The van der Waals surface area contributed by atoms with Gasteiger partial charge >= 0.3 is 12.1 Å². The summed E-state index contributed by atoms with van der Waals surface area (Å²) in [6.07, 6.45) is 6.63. The van der Waals surface area contributed by atoms with Gasteiger partial charge in [0.1, 0.15) is 23.4 Å². The Morgan fingerprint density at radius 1 is 1.15 bits per heavy atom. The molecule has 0 bridgehead atoms. The molecule has 59 heavy (non-hydrogen) atoms. The number of nitrogens with one attached hydrogen (secondary N) is 2. The second-order valence-corrected chi connectivity index (χ2v) is 20.1. The highest BCUT2D eigenvalue weighted by Crippen LogP contribution is 2.52. The standard InChI is InChI=1S/C42H55F2N5O9S/c1-7-26(4)48(38(53)54)32-25(3)21-24(2)11-8-9-13-28-22-41(28,37(52)47-59(55,56)39(5)17-18-39)46-34(50)31-23-40(6,42(43,44)49(31)36(32)51)58-35-30-15-14-27-12-10-20-57-33(27)29(30)16-19-45-35/h9,13-16,19,24-26,28,31-32H,7-8,10-12,17-18,20-23H2,1-6H3,(H,46,50)(H,47,52)(H,53,54)/b13-9-/t24-,25+,26?,28+,31-,32-,40+,41+/m0/s1. The van der Waals surface area contributed by atoms with Crippen LogP contribution in [-0.4, -0.2) is 98.8 Å². The minimum atomic E-state index is -4.26. The van der Waals surface area contributed by atoms with Crippen LogP contribution in [0.1, 0.15) is 105 Å². The summed E-state index contributed by atoms with van der Waals surface area (Å²) in [5.41, 5.74) is -3.51. The fourth-order valence-electron chi connectivity index (χ4n) is 9.13. The number of carbonyl (C=O) groups excluding carboxylic acids is 3. The van der Waals surface area contributed by atoms with Crippen molar-refractivity contribution in [2.75, 3.05) is 6.61 Å². The van der Waals surface area contributed by atoms with Crippen LogP contribution in [0.15, 0.2) is 36.5 Å². The Bertz CT molecular complexity index is 2180. The molecule has 4 amide bonds. The smallest absolute Gasteiger partial charge is 0.408 e. The number of ether oxygens (including phenoxy) is 2. The van der Waals surface area contributed by atoms with Crippen LogP contribution < -0.4 is 19.5 Å². The first-order chi connectivity index (χ1) is 27.7. The minimum absolute atomic E-state index is 0.0134. The molecule has 1 unspecified atom stereocenters. The molecule has 0 radical (unpaired) electrons. The number of fused-ring (bicyclic) bond motifs is 5. The van der Waals surface area contributed by atoms with E-state index in [1.165, 1.54) is 13.1 Å². The molecule has 4 heterocycles. The van der Waals surface area contributed by atoms with E-state index in [9.17, 15) is 27.9 Å². The van der Waals surface area contributed by atoms with Crippen LogP contribution in [0.3, 0.4) is 0 Å². The van der Waals surface area contributed by atoms with Gasteiger partial charge in [-0.25, -0.2) is 18.2 Å². The number of carbonyl (C=O) groups is 4. The first kappa shape index (κ1) is 42.6. The average molecular weight is 844 g/mol. The fraction of sp³-hybridized carbons (Fsp3) is 0.643. The molecule has 3 aliphatic heterocycles. The van der Waals surface area contributed by atoms with E-state index >= 15 is 13.6 Å². The lowest BCUT2D eigenvalue weighted by Crippen LogP contribution is -2.64. The van der Waals surface area contributed by atoms with Crippen LogP contribution in [-0.2, 0) is 30.8 Å². The van der Waals surface area contributed by atoms with Crippen LogP contribution in [0.5, 0.6) is 11.6 Å². The van der Waals surface area contributed by atoms with Gasteiger partial charge in [0, 0.05) is 35.3 Å². The van der Waals surface area contributed by atoms with E-state index in [-0.39, 0.29) is 29.5 Å². The number of rotatable bonds is 8. The van der Waals surface area contributed by atoms with E-state index in [1.54, 1.807) is 39.0 Å². The molecule has 1 saturated heterocycles. The third kappa shape index (κ3) is 7.38. The van der Waals surface area contributed by atoms with E-state index in [0.717, 1.165) is 30.2 Å². The molecule has 2 aromatic rings. The Balaban J connectivity index is 1.34. The fourth-order valence-corrected chi connectivity index (χ4v) is 10.4. The first-order valence-corrected chi connectivity index (χ1v) is 22.2. The third-order valence-electron chi connectivity index (χ3n) is 13.4. The molecule has 1 aromatic heterocycles. The number of nitrogens with zero attached hydrogens (tertiary/aromatic N) is 3. The summed E-state index contributed by atoms with van der Waals surface area (Å²) in [5.74, 6) is -4.56. The minimum Gasteiger partial charge on any atom is -0.493 e. The molecular formula is C42H55F2N5O9S. The van der Waals surface area contributed by atoms with Gasteiger partial charge in [0.2, 0.25) is 21.8 Å². The summed E-state index contributed by atoms with van der Waals surface area (Å²) in [4.78, 5) is 62.2. The second kappa shape index (κ2) is 15.2. The third-order valence-corrected chi connectivity index (χ3v) is 15.6. The lowest BCUT2D eigenvalue weighted by molar-refractivity contribution is -0.219. The number of alkyl halides is 2. The molecule has 8 atom stereocenters. The Kier molecular flexibility index (Phi) is 11.0. The SMILES string of the molecule is CCC(C)N(C(=O)O)[C@@H]1C(=O)N2[C@@H](C[C@@](C)(Oc3nccc4c5c(ccc34)CCCO5)C2(F)F)C(=O)N[C@]2(C(=O)NS(=O)(=O)C3(C)CC3)C[C@H]2/C=C\CC[C@H](C)C[C@H]1C. The van der Waals surface area contributed by atoms with E-state index in [4.69, 9.17) is 9.47 Å². The maximum atomic E-state index is 17.7. The van der Waals surface area contributed by atoms with Gasteiger partial charge < -0.3 is 19.9 Å². The predicted octanol–water partition coefficient (Wildman–Crippen LogP) is 5.92. The molecule has 0 spiro atoms. The van der Waals surface area contributed by atoms with Crippen LogP contribution in [0.25, 0.3) is 10.8 Å². The topological polar surface area (TPSA) is 185 Å². The molecule has 322 valence electrons. The Morgan fingerprint density at radius 3 is 2.56 bits per heavy atom. The Morgan fingerprint density at radius 2 is 1.88 bits per heavy atom. The van der Waals surface area contributed by atoms with E-state index < -0.39 is 92.2 Å². The summed E-state index contributed by atoms with van der Waals surface area (Å²) in [7, 11) is -4.16. The van der Waals surface area contributed by atoms with Crippen molar-refractivity contribution in [3.63, 3.8) is 0 Å². The lowest BCUT2D eigenvalue weighted by atomic mass is 9.86. The molecule has 17 heteroatoms. The van der Waals surface area contributed by atoms with Gasteiger partial charge in [-0.2, -0.15) is 8.78 Å². The van der Waals surface area contributed by atoms with Crippen molar-refractivity contribution < 1.29 is 51.0 Å². The molecule has 5 aliphatic rings. The molecule has 2 aliphatic carbocycles. The van der Waals surface area contributed by atoms with Gasteiger partial charge in [0.25, 0.3) is 11.8 Å². The zero-order valence-electron chi connectivity index (χ0n) is 34.4. The first-order valence-electron chi connectivity index (χ1n) is 20.7. The van der Waals surface area contributed by atoms with Gasteiger partial charge in [-0.15, -0.1) is 0 Å². The summed E-state index contributed by atoms with van der Waals surface area (Å²) in [6, 6.07) is -3.45. The number of amides is 4. The van der Waals surface area contributed by atoms with Crippen LogP contribution in [0.4, 0.5) is 13.6 Å². The lowest BCUT2D eigenvalue weighted by Gasteiger charge is -2.42. The van der Waals surface area contributed by atoms with Crippen LogP contribution >= 0.6 is 0 Å². The molecule has 3 N–H and O–H groups in total. The summed E-state index contributed by atoms with van der Waals surface area (Å²) < 4.78 is 75.1. The van der Waals surface area contributed by atoms with Gasteiger partial charge in [-0.1, -0.05) is 39.0 Å². The van der Waals surface area contributed by atoms with Gasteiger partial charge in [0.15, 0.2) is 5.60 Å². The zero-order valence-corrected chi connectivity index (χ0v) is 35.2. The summed E-state index contributed by atoms with van der Waals surface area (Å²) in [6.45, 7) is 9.96. The number of pyridine rings is 1. The largest absolute Gasteiger partial charge is 0.493 e. The van der Waals surface area contributed by atoms with E-state index in [1.807, 2.05) is 19.1 Å². The van der Waals surface area contributed by atoms with Crippen molar-refractivity contribution in [2.24, 2.45) is 17.8 Å². The molecule has 1 aromatic carbocycles. The van der Waals surface area contributed by atoms with Gasteiger partial charge in [0.05, 0.1) is 11.4 Å². The van der Waals surface area contributed by atoms with Crippen molar-refractivity contribution in [1.29, 1.82) is 0 Å². The highest BCUT2D eigenvalue weighted by molar-refractivity contribution is 7.91. The van der Waals surface area contributed by atoms with Crippen LogP contribution in [0.2, 0.25) is 0 Å².